The lowest BCUT2D eigenvalue weighted by Gasteiger charge is -2.23. The molecule has 148 valence electrons. The molecule has 8 heteroatoms. The number of nitrogens with one attached hydrogen (secondary N) is 2. The summed E-state index contributed by atoms with van der Waals surface area (Å²) in [5, 5.41) is 16.8. The van der Waals surface area contributed by atoms with Crippen LogP contribution in [0.4, 0.5) is 9.18 Å². The zero-order valence-electron chi connectivity index (χ0n) is 15.5. The second-order valence-corrected chi connectivity index (χ2v) is 6.80. The van der Waals surface area contributed by atoms with Gasteiger partial charge in [0.05, 0.1) is 13.7 Å². The predicted molar refractivity (Wildman–Crippen MR) is 105 cm³/mol. The largest absolute Gasteiger partial charge is 0.497 e. The molecule has 1 aromatic heterocycles. The first-order chi connectivity index (χ1) is 13.9. The van der Waals surface area contributed by atoms with Crippen LogP contribution < -0.4 is 15.4 Å². The molecule has 0 spiro atoms. The van der Waals surface area contributed by atoms with Gasteiger partial charge in [0.2, 0.25) is 0 Å². The van der Waals surface area contributed by atoms with Crippen molar-refractivity contribution < 1.29 is 23.8 Å². The molecule has 2 aromatic carbocycles. The van der Waals surface area contributed by atoms with Crippen LogP contribution in [0.1, 0.15) is 5.56 Å². The molecule has 1 atom stereocenters. The highest BCUT2D eigenvalue weighted by Crippen LogP contribution is 2.32. The Bertz CT molecular complexity index is 1140. The highest BCUT2D eigenvalue weighted by atomic mass is 19.1. The molecule has 1 fully saturated rings. The fourth-order valence-corrected chi connectivity index (χ4v) is 3.34. The van der Waals surface area contributed by atoms with Gasteiger partial charge in [0.1, 0.15) is 11.6 Å². The van der Waals surface area contributed by atoms with E-state index in [-0.39, 0.29) is 18.2 Å². The summed E-state index contributed by atoms with van der Waals surface area (Å²) in [6.07, 6.45) is 4.84. The van der Waals surface area contributed by atoms with Crippen molar-refractivity contribution in [2.45, 2.75) is 12.1 Å². The minimum absolute atomic E-state index is 0.0366. The van der Waals surface area contributed by atoms with Gasteiger partial charge in [-0.05, 0) is 42.0 Å². The lowest BCUT2D eigenvalue weighted by atomic mass is 9.97. The number of urea groups is 1. The number of amides is 3. The molecule has 1 aliphatic heterocycles. The van der Waals surface area contributed by atoms with E-state index < -0.39 is 17.5 Å². The van der Waals surface area contributed by atoms with Gasteiger partial charge in [-0.15, -0.1) is 0 Å². The monoisotopic (exact) mass is 395 g/mol. The SMILES string of the molecule is COc1ccc2cn(C[C@@]3(C=Cc4ccc(F)cc4)NC(=O)NC3=O)c(O)c2c1. The second-order valence-electron chi connectivity index (χ2n) is 6.80. The van der Waals surface area contributed by atoms with Crippen LogP contribution in [0, 0.1) is 5.82 Å². The van der Waals surface area contributed by atoms with Crippen LogP contribution in [0.2, 0.25) is 0 Å². The van der Waals surface area contributed by atoms with E-state index in [1.807, 2.05) is 0 Å². The van der Waals surface area contributed by atoms with Crippen molar-refractivity contribution in [3.05, 3.63) is 66.1 Å². The molecular weight excluding hydrogens is 377 g/mol. The van der Waals surface area contributed by atoms with Gasteiger partial charge >= 0.3 is 6.03 Å². The van der Waals surface area contributed by atoms with Gasteiger partial charge in [-0.3, -0.25) is 10.1 Å². The van der Waals surface area contributed by atoms with E-state index in [0.717, 1.165) is 5.39 Å². The maximum Gasteiger partial charge on any atom is 0.322 e. The normalized spacial score (nSPS) is 19.0. The van der Waals surface area contributed by atoms with Crippen LogP contribution in [-0.2, 0) is 11.3 Å². The number of rotatable bonds is 5. The average molecular weight is 395 g/mol. The van der Waals surface area contributed by atoms with Gasteiger partial charge in [-0.1, -0.05) is 18.2 Å². The molecule has 0 saturated carbocycles. The van der Waals surface area contributed by atoms with Crippen LogP contribution in [-0.4, -0.2) is 34.3 Å². The number of halogens is 1. The van der Waals surface area contributed by atoms with E-state index in [1.54, 1.807) is 42.6 Å². The predicted octanol–water partition coefficient (Wildman–Crippen LogP) is 2.79. The number of imide groups is 1. The van der Waals surface area contributed by atoms with Crippen molar-refractivity contribution in [1.82, 2.24) is 15.2 Å². The minimum Gasteiger partial charge on any atom is -0.497 e. The van der Waals surface area contributed by atoms with Crippen molar-refractivity contribution in [2.75, 3.05) is 7.11 Å². The van der Waals surface area contributed by atoms with E-state index in [0.29, 0.717) is 16.7 Å². The number of hydrogen-bond donors (Lipinski definition) is 3. The Kier molecular flexibility index (Phi) is 4.46. The lowest BCUT2D eigenvalue weighted by Crippen LogP contribution is -2.48. The van der Waals surface area contributed by atoms with Gasteiger partial charge in [-0.25, -0.2) is 9.18 Å². The Hall–Kier alpha value is -3.81. The third kappa shape index (κ3) is 3.40. The number of nitrogens with zero attached hydrogens (tertiary/aromatic N) is 1. The van der Waals surface area contributed by atoms with Gasteiger partial charge in [0.25, 0.3) is 5.91 Å². The van der Waals surface area contributed by atoms with Crippen molar-refractivity contribution >= 4 is 28.8 Å². The van der Waals surface area contributed by atoms with E-state index in [2.05, 4.69) is 10.6 Å². The number of methoxy groups -OCH3 is 1. The Morgan fingerprint density at radius 1 is 1.21 bits per heavy atom. The number of fused-ring (bicyclic) bond motifs is 1. The molecule has 0 unspecified atom stereocenters. The number of benzene rings is 2. The molecule has 29 heavy (non-hydrogen) atoms. The smallest absolute Gasteiger partial charge is 0.322 e. The van der Waals surface area contributed by atoms with E-state index in [1.165, 1.54) is 29.9 Å². The quantitative estimate of drug-likeness (QED) is 0.579. The molecule has 3 aromatic rings. The number of aromatic nitrogens is 1. The Labute approximate surface area is 165 Å². The molecule has 7 nitrogen and oxygen atoms in total. The van der Waals surface area contributed by atoms with E-state index in [9.17, 15) is 19.1 Å². The summed E-state index contributed by atoms with van der Waals surface area (Å²) >= 11 is 0. The average Bonchev–Trinajstić information content (AvgIpc) is 3.16. The topological polar surface area (TPSA) is 92.6 Å². The maximum atomic E-state index is 13.1. The van der Waals surface area contributed by atoms with Crippen LogP contribution in [0.5, 0.6) is 11.6 Å². The zero-order chi connectivity index (χ0) is 20.6. The molecule has 2 heterocycles. The standard InChI is InChI=1S/C21H18FN3O4/c1-29-16-7-4-14-11-25(18(26)17(14)10-16)12-21(19(27)23-20(28)24-21)9-8-13-2-5-15(22)6-3-13/h2-11,26H,12H2,1H3,(H2,23,24,27,28)/t21-/m1/s1. The minimum atomic E-state index is -1.41. The first kappa shape index (κ1) is 18.5. The number of carbonyl (C=O) groups excluding carboxylic acids is 2. The summed E-state index contributed by atoms with van der Waals surface area (Å²) in [6, 6.07) is 10.3. The van der Waals surface area contributed by atoms with E-state index in [4.69, 9.17) is 4.74 Å². The highest BCUT2D eigenvalue weighted by molar-refractivity contribution is 6.08. The Morgan fingerprint density at radius 2 is 1.97 bits per heavy atom. The van der Waals surface area contributed by atoms with Crippen molar-refractivity contribution in [3.8, 4) is 11.6 Å². The first-order valence-electron chi connectivity index (χ1n) is 8.84. The van der Waals surface area contributed by atoms with Crippen LogP contribution in [0.15, 0.2) is 54.7 Å². The summed E-state index contributed by atoms with van der Waals surface area (Å²) < 4.78 is 19.8. The molecule has 4 rings (SSSR count). The fourth-order valence-electron chi connectivity index (χ4n) is 3.34. The van der Waals surface area contributed by atoms with Crippen molar-refractivity contribution in [1.29, 1.82) is 0 Å². The third-order valence-electron chi connectivity index (χ3n) is 4.89. The lowest BCUT2D eigenvalue weighted by molar-refractivity contribution is -0.122. The Balaban J connectivity index is 1.72. The number of aromatic hydroxyl groups is 1. The second kappa shape index (κ2) is 6.97. The van der Waals surface area contributed by atoms with Gasteiger partial charge in [0, 0.05) is 17.0 Å². The van der Waals surface area contributed by atoms with Crippen LogP contribution >= 0.6 is 0 Å². The molecule has 0 bridgehead atoms. The first-order valence-corrected chi connectivity index (χ1v) is 8.84. The fraction of sp³-hybridized carbons (Fsp3) is 0.143. The number of ether oxygens (including phenoxy) is 1. The van der Waals surface area contributed by atoms with E-state index >= 15 is 0 Å². The molecule has 0 radical (unpaired) electrons. The highest BCUT2D eigenvalue weighted by Gasteiger charge is 2.45. The number of carbonyl (C=O) groups is 2. The van der Waals surface area contributed by atoms with Crippen LogP contribution in [0.3, 0.4) is 0 Å². The molecule has 1 aliphatic rings. The molecule has 1 saturated heterocycles. The summed E-state index contributed by atoms with van der Waals surface area (Å²) in [4.78, 5) is 24.4. The van der Waals surface area contributed by atoms with Crippen LogP contribution in [0.25, 0.3) is 16.8 Å². The Morgan fingerprint density at radius 3 is 2.62 bits per heavy atom. The summed E-state index contributed by atoms with van der Waals surface area (Å²) in [5.41, 5.74) is -0.756. The molecule has 3 amide bonds. The van der Waals surface area contributed by atoms with Gasteiger partial charge in [-0.2, -0.15) is 0 Å². The summed E-state index contributed by atoms with van der Waals surface area (Å²) in [6.45, 7) is -0.0366. The molecule has 0 aliphatic carbocycles. The zero-order valence-corrected chi connectivity index (χ0v) is 15.5. The number of hydrogen-bond acceptors (Lipinski definition) is 4. The molecular formula is C21H18FN3O4. The summed E-state index contributed by atoms with van der Waals surface area (Å²) in [7, 11) is 1.53. The molecule has 3 N–H and O–H groups in total. The van der Waals surface area contributed by atoms with Crippen molar-refractivity contribution in [3.63, 3.8) is 0 Å². The third-order valence-corrected chi connectivity index (χ3v) is 4.89. The van der Waals surface area contributed by atoms with Gasteiger partial charge in [0.15, 0.2) is 11.4 Å². The van der Waals surface area contributed by atoms with Crippen molar-refractivity contribution in [2.24, 2.45) is 0 Å². The van der Waals surface area contributed by atoms with Gasteiger partial charge < -0.3 is 19.7 Å². The summed E-state index contributed by atoms with van der Waals surface area (Å²) in [5.74, 6) is -0.385. The maximum absolute atomic E-state index is 13.1.